The molecule has 2 atom stereocenters. The van der Waals surface area contributed by atoms with Crippen molar-refractivity contribution in [3.8, 4) is 0 Å². The summed E-state index contributed by atoms with van der Waals surface area (Å²) in [6, 6.07) is 14.3. The zero-order valence-electron chi connectivity index (χ0n) is 21.7. The number of nitrogens with one attached hydrogen (secondary N) is 1. The van der Waals surface area contributed by atoms with Gasteiger partial charge in [-0.1, -0.05) is 30.3 Å². The number of hydrogen-bond acceptors (Lipinski definition) is 5. The largest absolute Gasteiger partial charge is 0.542 e. The Morgan fingerprint density at radius 3 is 2.18 bits per heavy atom. The molecule has 2 fully saturated rings. The van der Waals surface area contributed by atoms with Gasteiger partial charge in [-0.05, 0) is 67.7 Å². The molecule has 1 aromatic carbocycles. The number of likely N-dealkylation sites (tertiary alicyclic amines) is 1. The number of carboxylic acids is 1. The smallest absolute Gasteiger partial charge is 0.430 e. The highest BCUT2D eigenvalue weighted by Crippen LogP contribution is 2.30. The summed E-state index contributed by atoms with van der Waals surface area (Å²) in [6.45, 7) is 1.37. The number of hydrogen-bond donors (Lipinski definition) is 2. The standard InChI is InChI=1S/C26H34N4O2.C2HF3O2/c27-22-10-8-19(9-11-22)18-29-26(32)24-7-4-16-30(24)25(31)17-23(20-5-2-1-3-6-20)21-12-14-28-15-13-21;3-2(4,5)1(6)7/h1-3,5-6,12-15,19,22-24H,4,7-11,16-18,27H2,(H,29,32);(H,6,7)/t19?,22?,23-,24-;/m0./s1. The number of pyridine rings is 1. The van der Waals surface area contributed by atoms with Crippen LogP contribution in [0.3, 0.4) is 0 Å². The third-order valence-corrected chi connectivity index (χ3v) is 7.33. The van der Waals surface area contributed by atoms with Crippen LogP contribution in [0.1, 0.15) is 62.0 Å². The Balaban J connectivity index is 0.000000532. The zero-order valence-corrected chi connectivity index (χ0v) is 21.7. The summed E-state index contributed by atoms with van der Waals surface area (Å²) in [6.07, 6.45) is 4.86. The van der Waals surface area contributed by atoms with Gasteiger partial charge in [0, 0.05) is 37.8 Å². The lowest BCUT2D eigenvalue weighted by atomic mass is 9.86. The van der Waals surface area contributed by atoms with Crippen LogP contribution >= 0.6 is 0 Å². The summed E-state index contributed by atoms with van der Waals surface area (Å²) < 4.78 is 31.5. The van der Waals surface area contributed by atoms with E-state index in [1.807, 2.05) is 30.3 Å². The summed E-state index contributed by atoms with van der Waals surface area (Å²) in [4.78, 5) is 41.1. The molecule has 2 heterocycles. The van der Waals surface area contributed by atoms with Crippen LogP contribution in [0.4, 0.5) is 13.2 Å². The maximum Gasteiger partial charge on any atom is 0.430 e. The molecule has 1 saturated heterocycles. The number of alkyl halides is 3. The van der Waals surface area contributed by atoms with Gasteiger partial charge in [0.25, 0.3) is 0 Å². The number of amides is 2. The van der Waals surface area contributed by atoms with Gasteiger partial charge >= 0.3 is 6.18 Å². The number of nitrogens with zero attached hydrogens (tertiary/aromatic N) is 2. The van der Waals surface area contributed by atoms with Crippen molar-refractivity contribution in [2.24, 2.45) is 5.92 Å². The molecule has 1 aliphatic carbocycles. The number of carboxylic acid groups (broad SMARTS) is 1. The van der Waals surface area contributed by atoms with Gasteiger partial charge < -0.3 is 25.9 Å². The maximum absolute atomic E-state index is 13.4. The van der Waals surface area contributed by atoms with Gasteiger partial charge in [-0.25, -0.2) is 0 Å². The Labute approximate surface area is 225 Å². The Hall–Kier alpha value is -3.47. The Morgan fingerprint density at radius 1 is 1.00 bits per heavy atom. The van der Waals surface area contributed by atoms with E-state index in [4.69, 9.17) is 9.90 Å². The molecule has 1 saturated carbocycles. The number of rotatable bonds is 7. The summed E-state index contributed by atoms with van der Waals surface area (Å²) >= 11 is 0. The van der Waals surface area contributed by atoms with Crippen LogP contribution in [-0.2, 0) is 14.4 Å². The third-order valence-electron chi connectivity index (χ3n) is 7.33. The second-order valence-corrected chi connectivity index (χ2v) is 10.1. The van der Waals surface area contributed by atoms with Crippen molar-refractivity contribution in [2.45, 2.75) is 69.1 Å². The van der Waals surface area contributed by atoms with Gasteiger partial charge in [-0.15, -0.1) is 0 Å². The molecule has 8 nitrogen and oxygen atoms in total. The van der Waals surface area contributed by atoms with Gasteiger partial charge in [-0.2, -0.15) is 13.2 Å². The monoisotopic (exact) mass is 548 g/mol. The average molecular weight is 549 g/mol. The Morgan fingerprint density at radius 2 is 1.59 bits per heavy atom. The number of aromatic nitrogens is 1. The zero-order chi connectivity index (χ0) is 28.4. The first-order valence-corrected chi connectivity index (χ1v) is 13.2. The molecule has 0 bridgehead atoms. The number of carbonyl (C=O) groups excluding carboxylic acids is 3. The molecule has 2 amide bonds. The number of carbonyl (C=O) groups is 3. The third kappa shape index (κ3) is 9.05. The molecule has 212 valence electrons. The van der Waals surface area contributed by atoms with Crippen molar-refractivity contribution >= 4 is 17.8 Å². The number of quaternary nitrogens is 1. The van der Waals surface area contributed by atoms with Gasteiger partial charge in [0.05, 0.1) is 6.04 Å². The topological polar surface area (TPSA) is 130 Å². The van der Waals surface area contributed by atoms with E-state index in [2.05, 4.69) is 28.2 Å². The van der Waals surface area contributed by atoms with E-state index in [9.17, 15) is 22.8 Å². The van der Waals surface area contributed by atoms with E-state index in [1.54, 1.807) is 17.3 Å². The lowest BCUT2D eigenvalue weighted by Crippen LogP contribution is -2.62. The van der Waals surface area contributed by atoms with Gasteiger partial charge in [0.1, 0.15) is 12.0 Å². The minimum Gasteiger partial charge on any atom is -0.542 e. The summed E-state index contributed by atoms with van der Waals surface area (Å²) in [5, 5.41) is 11.9. The van der Waals surface area contributed by atoms with E-state index in [0.717, 1.165) is 49.7 Å². The molecule has 4 N–H and O–H groups in total. The highest BCUT2D eigenvalue weighted by molar-refractivity contribution is 5.88. The van der Waals surface area contributed by atoms with E-state index < -0.39 is 12.1 Å². The van der Waals surface area contributed by atoms with E-state index in [0.29, 0.717) is 31.5 Å². The molecule has 0 unspecified atom stereocenters. The van der Waals surface area contributed by atoms with Crippen LogP contribution in [0.25, 0.3) is 0 Å². The van der Waals surface area contributed by atoms with Crippen molar-refractivity contribution in [1.82, 2.24) is 15.2 Å². The average Bonchev–Trinajstić information content (AvgIpc) is 3.42. The van der Waals surface area contributed by atoms with Crippen molar-refractivity contribution < 1.29 is 38.4 Å². The second kappa shape index (κ2) is 14.1. The van der Waals surface area contributed by atoms with Crippen LogP contribution in [0.5, 0.6) is 0 Å². The molecule has 4 rings (SSSR count). The van der Waals surface area contributed by atoms with Crippen LogP contribution in [0.2, 0.25) is 0 Å². The summed E-state index contributed by atoms with van der Waals surface area (Å²) in [7, 11) is 0. The number of halogens is 3. The van der Waals surface area contributed by atoms with Crippen LogP contribution in [0, 0.1) is 5.92 Å². The predicted molar refractivity (Wildman–Crippen MR) is 135 cm³/mol. The minimum atomic E-state index is -5.19. The molecule has 0 spiro atoms. The first-order valence-electron chi connectivity index (χ1n) is 13.2. The van der Waals surface area contributed by atoms with E-state index in [-0.39, 0.29) is 23.8 Å². The number of aliphatic carboxylic acids is 1. The van der Waals surface area contributed by atoms with Gasteiger partial charge in [0.15, 0.2) is 0 Å². The molecule has 2 aliphatic rings. The fourth-order valence-electron chi connectivity index (χ4n) is 5.14. The molecule has 0 radical (unpaired) electrons. The second-order valence-electron chi connectivity index (χ2n) is 10.1. The van der Waals surface area contributed by atoms with Crippen molar-refractivity contribution in [3.05, 3.63) is 66.0 Å². The van der Waals surface area contributed by atoms with Gasteiger partial charge in [0.2, 0.25) is 11.8 Å². The first kappa shape index (κ1) is 30.1. The first-order chi connectivity index (χ1) is 18.6. The normalized spacial score (nSPS) is 21.8. The molecular weight excluding hydrogens is 513 g/mol. The van der Waals surface area contributed by atoms with Crippen LogP contribution in [0.15, 0.2) is 54.9 Å². The summed E-state index contributed by atoms with van der Waals surface area (Å²) in [5.74, 6) is -2.46. The predicted octanol–water partition coefficient (Wildman–Crippen LogP) is 1.81. The van der Waals surface area contributed by atoms with Crippen LogP contribution in [-0.4, -0.2) is 59.0 Å². The van der Waals surface area contributed by atoms with Crippen molar-refractivity contribution in [1.29, 1.82) is 0 Å². The lowest BCUT2D eigenvalue weighted by Gasteiger charge is -2.28. The molecule has 39 heavy (non-hydrogen) atoms. The lowest BCUT2D eigenvalue weighted by molar-refractivity contribution is -0.426. The Kier molecular flexibility index (Phi) is 10.8. The maximum atomic E-state index is 13.4. The molecule has 2 aromatic rings. The SMILES string of the molecule is O=C([O-])C(F)(F)F.[NH3+]C1CCC(CNC(=O)[C@@H]2CCCN2C(=O)C[C@@H](c2ccccc2)c2ccncc2)CC1. The number of benzene rings is 1. The summed E-state index contributed by atoms with van der Waals surface area (Å²) in [5.41, 5.74) is 6.33. The molecule has 1 aliphatic heterocycles. The van der Waals surface area contributed by atoms with Crippen molar-refractivity contribution in [2.75, 3.05) is 13.1 Å². The Bertz CT molecular complexity index is 1040. The van der Waals surface area contributed by atoms with Crippen molar-refractivity contribution in [3.63, 3.8) is 0 Å². The van der Waals surface area contributed by atoms with Crippen LogP contribution < -0.4 is 16.2 Å². The minimum absolute atomic E-state index is 0.00719. The molecule has 11 heteroatoms. The molecule has 1 aromatic heterocycles. The van der Waals surface area contributed by atoms with Gasteiger partial charge in [-0.3, -0.25) is 14.6 Å². The highest BCUT2D eigenvalue weighted by atomic mass is 19.4. The quantitative estimate of drug-likeness (QED) is 0.545. The van der Waals surface area contributed by atoms with E-state index >= 15 is 0 Å². The molecular formula is C28H35F3N4O4. The fourth-order valence-corrected chi connectivity index (χ4v) is 5.14. The fraction of sp³-hybridized carbons (Fsp3) is 0.500. The van der Waals surface area contributed by atoms with E-state index in [1.165, 1.54) is 0 Å². The highest BCUT2D eigenvalue weighted by Gasteiger charge is 2.35.